The van der Waals surface area contributed by atoms with Gasteiger partial charge in [0.15, 0.2) is 0 Å². The largest absolute Gasteiger partial charge is 0.396 e. The lowest BCUT2D eigenvalue weighted by Crippen LogP contribution is -2.47. The summed E-state index contributed by atoms with van der Waals surface area (Å²) in [7, 11) is 0. The second-order valence-corrected chi connectivity index (χ2v) is 6.23. The van der Waals surface area contributed by atoms with Gasteiger partial charge < -0.3 is 16.2 Å². The Hall–Kier alpha value is -1.39. The van der Waals surface area contributed by atoms with Crippen molar-refractivity contribution in [1.82, 2.24) is 5.32 Å². The maximum atomic E-state index is 12.1. The van der Waals surface area contributed by atoms with Crippen LogP contribution in [0.4, 0.5) is 0 Å². The Morgan fingerprint density at radius 3 is 2.52 bits per heavy atom. The van der Waals surface area contributed by atoms with Crippen molar-refractivity contribution >= 4 is 5.91 Å². The first-order valence-corrected chi connectivity index (χ1v) is 7.83. The predicted molar refractivity (Wildman–Crippen MR) is 83.7 cm³/mol. The molecule has 0 aliphatic heterocycles. The van der Waals surface area contributed by atoms with Gasteiger partial charge in [-0.05, 0) is 24.8 Å². The molecule has 1 aromatic carbocycles. The molecular weight excluding hydrogens is 264 g/mol. The number of carbonyl (C=O) groups is 1. The average Bonchev–Trinajstić information content (AvgIpc) is 2.54. The van der Waals surface area contributed by atoms with Crippen molar-refractivity contribution in [3.63, 3.8) is 0 Å². The minimum absolute atomic E-state index is 0.128. The van der Waals surface area contributed by atoms with E-state index in [1.807, 2.05) is 30.3 Å². The molecule has 0 heterocycles. The molecule has 1 aliphatic carbocycles. The minimum atomic E-state index is -0.535. The Kier molecular flexibility index (Phi) is 5.76. The maximum Gasteiger partial charge on any atom is 0.237 e. The van der Waals surface area contributed by atoms with E-state index >= 15 is 0 Å². The molecular formula is C17H26N2O2. The van der Waals surface area contributed by atoms with Crippen LogP contribution in [0.2, 0.25) is 0 Å². The molecule has 0 radical (unpaired) electrons. The maximum absolute atomic E-state index is 12.1. The molecule has 4 N–H and O–H groups in total. The monoisotopic (exact) mass is 290 g/mol. The van der Waals surface area contributed by atoms with Gasteiger partial charge in [0.2, 0.25) is 5.91 Å². The molecule has 4 heteroatoms. The van der Waals surface area contributed by atoms with E-state index in [-0.39, 0.29) is 17.9 Å². The van der Waals surface area contributed by atoms with E-state index in [1.54, 1.807) is 0 Å². The van der Waals surface area contributed by atoms with Gasteiger partial charge in [0, 0.05) is 12.0 Å². The Morgan fingerprint density at radius 2 is 1.90 bits per heavy atom. The van der Waals surface area contributed by atoms with E-state index < -0.39 is 6.04 Å². The second-order valence-electron chi connectivity index (χ2n) is 6.23. The molecule has 4 nitrogen and oxygen atoms in total. The first-order chi connectivity index (χ1) is 10.2. The van der Waals surface area contributed by atoms with Crippen LogP contribution >= 0.6 is 0 Å². The lowest BCUT2D eigenvalue weighted by Gasteiger charge is -2.35. The standard InChI is InChI=1S/C17H26N2O2/c18-15(11-14-7-3-1-4-8-14)16(21)19-12-17(13-20)9-5-2-6-10-17/h1,3-4,7-8,15,20H,2,5-6,9-13,18H2,(H,19,21)/t15-/m0/s1. The van der Waals surface area contributed by atoms with E-state index in [1.165, 1.54) is 6.42 Å². The van der Waals surface area contributed by atoms with E-state index in [2.05, 4.69) is 5.32 Å². The molecule has 21 heavy (non-hydrogen) atoms. The Balaban J connectivity index is 1.83. The van der Waals surface area contributed by atoms with Crippen molar-refractivity contribution in [3.05, 3.63) is 35.9 Å². The second kappa shape index (κ2) is 7.57. The fourth-order valence-electron chi connectivity index (χ4n) is 3.06. The summed E-state index contributed by atoms with van der Waals surface area (Å²) in [5, 5.41) is 12.6. The predicted octanol–water partition coefficient (Wildman–Crippen LogP) is 1.62. The summed E-state index contributed by atoms with van der Waals surface area (Å²) in [6.45, 7) is 0.673. The van der Waals surface area contributed by atoms with E-state index in [9.17, 15) is 9.90 Å². The lowest BCUT2D eigenvalue weighted by atomic mass is 9.74. The molecule has 0 aromatic heterocycles. The normalized spacial score (nSPS) is 19.0. The van der Waals surface area contributed by atoms with Crippen molar-refractivity contribution in [1.29, 1.82) is 0 Å². The summed E-state index contributed by atoms with van der Waals surface area (Å²) in [4.78, 5) is 12.1. The number of aliphatic hydroxyl groups is 1. The average molecular weight is 290 g/mol. The molecule has 0 bridgehead atoms. The molecule has 1 amide bonds. The fourth-order valence-corrected chi connectivity index (χ4v) is 3.06. The zero-order valence-electron chi connectivity index (χ0n) is 12.6. The topological polar surface area (TPSA) is 75.4 Å². The third kappa shape index (κ3) is 4.55. The Labute approximate surface area is 126 Å². The number of hydrogen-bond donors (Lipinski definition) is 3. The van der Waals surface area contributed by atoms with Crippen LogP contribution in [0.15, 0.2) is 30.3 Å². The van der Waals surface area contributed by atoms with Gasteiger partial charge >= 0.3 is 0 Å². The molecule has 0 unspecified atom stereocenters. The van der Waals surface area contributed by atoms with Crippen molar-refractivity contribution in [3.8, 4) is 0 Å². The smallest absolute Gasteiger partial charge is 0.237 e. The van der Waals surface area contributed by atoms with Crippen molar-refractivity contribution in [2.75, 3.05) is 13.2 Å². The highest BCUT2D eigenvalue weighted by Gasteiger charge is 2.32. The van der Waals surface area contributed by atoms with Crippen LogP contribution in [0, 0.1) is 5.41 Å². The molecule has 1 saturated carbocycles. The molecule has 0 saturated heterocycles. The third-order valence-electron chi connectivity index (χ3n) is 4.52. The van der Waals surface area contributed by atoms with Gasteiger partial charge in [0.25, 0.3) is 0 Å². The van der Waals surface area contributed by atoms with Gasteiger partial charge in [-0.2, -0.15) is 0 Å². The van der Waals surface area contributed by atoms with Crippen molar-refractivity contribution in [2.45, 2.75) is 44.6 Å². The molecule has 116 valence electrons. The summed E-state index contributed by atoms with van der Waals surface area (Å²) in [6, 6.07) is 9.26. The number of benzene rings is 1. The molecule has 1 fully saturated rings. The van der Waals surface area contributed by atoms with Crippen LogP contribution in [0.3, 0.4) is 0 Å². The number of rotatable bonds is 6. The van der Waals surface area contributed by atoms with Gasteiger partial charge in [0.1, 0.15) is 0 Å². The highest BCUT2D eigenvalue weighted by molar-refractivity contribution is 5.81. The highest BCUT2D eigenvalue weighted by Crippen LogP contribution is 2.35. The van der Waals surface area contributed by atoms with Gasteiger partial charge in [-0.3, -0.25) is 4.79 Å². The van der Waals surface area contributed by atoms with Crippen LogP contribution in [-0.2, 0) is 11.2 Å². The Morgan fingerprint density at radius 1 is 1.24 bits per heavy atom. The molecule has 1 aromatic rings. The number of nitrogens with one attached hydrogen (secondary N) is 1. The third-order valence-corrected chi connectivity index (χ3v) is 4.52. The van der Waals surface area contributed by atoms with Crippen LogP contribution in [0.1, 0.15) is 37.7 Å². The Bertz CT molecular complexity index is 441. The van der Waals surface area contributed by atoms with E-state index in [4.69, 9.17) is 5.73 Å². The zero-order chi connectivity index (χ0) is 15.1. The van der Waals surface area contributed by atoms with Gasteiger partial charge in [0.05, 0.1) is 12.6 Å². The van der Waals surface area contributed by atoms with Gasteiger partial charge in [-0.15, -0.1) is 0 Å². The van der Waals surface area contributed by atoms with Crippen molar-refractivity contribution < 1.29 is 9.90 Å². The minimum Gasteiger partial charge on any atom is -0.396 e. The highest BCUT2D eigenvalue weighted by atomic mass is 16.3. The number of carbonyl (C=O) groups excluding carboxylic acids is 1. The van der Waals surface area contributed by atoms with Gasteiger partial charge in [-0.25, -0.2) is 0 Å². The van der Waals surface area contributed by atoms with E-state index in [0.29, 0.717) is 13.0 Å². The summed E-state index contributed by atoms with van der Waals surface area (Å²) < 4.78 is 0. The molecule has 0 spiro atoms. The summed E-state index contributed by atoms with van der Waals surface area (Å²) >= 11 is 0. The number of nitrogens with two attached hydrogens (primary N) is 1. The zero-order valence-corrected chi connectivity index (χ0v) is 12.6. The number of aliphatic hydroxyl groups excluding tert-OH is 1. The molecule has 1 atom stereocenters. The number of amides is 1. The summed E-state index contributed by atoms with van der Waals surface area (Å²) in [5.41, 5.74) is 6.90. The van der Waals surface area contributed by atoms with Crippen LogP contribution in [0.25, 0.3) is 0 Å². The fraction of sp³-hybridized carbons (Fsp3) is 0.588. The molecule has 2 rings (SSSR count). The number of hydrogen-bond acceptors (Lipinski definition) is 3. The summed E-state index contributed by atoms with van der Waals surface area (Å²) in [5.74, 6) is -0.128. The first-order valence-electron chi connectivity index (χ1n) is 7.83. The summed E-state index contributed by atoms with van der Waals surface area (Å²) in [6.07, 6.45) is 6.00. The molecule has 1 aliphatic rings. The van der Waals surface area contributed by atoms with Crippen LogP contribution < -0.4 is 11.1 Å². The van der Waals surface area contributed by atoms with Crippen LogP contribution in [-0.4, -0.2) is 30.2 Å². The SMILES string of the molecule is N[C@@H](Cc1ccccc1)C(=O)NCC1(CO)CCCCC1. The quantitative estimate of drug-likeness (QED) is 0.745. The van der Waals surface area contributed by atoms with Crippen molar-refractivity contribution in [2.24, 2.45) is 11.1 Å². The lowest BCUT2D eigenvalue weighted by molar-refractivity contribution is -0.123. The first kappa shape index (κ1) is 16.0. The van der Waals surface area contributed by atoms with E-state index in [0.717, 1.165) is 31.2 Å². The van der Waals surface area contributed by atoms with Gasteiger partial charge in [-0.1, -0.05) is 49.6 Å². The van der Waals surface area contributed by atoms with Crippen LogP contribution in [0.5, 0.6) is 0 Å².